The Hall–Kier alpha value is -2.82. The number of nitrogens with one attached hydrogen (secondary N) is 2. The predicted octanol–water partition coefficient (Wildman–Crippen LogP) is 3.70. The maximum atomic E-state index is 11.1. The second-order valence-electron chi connectivity index (χ2n) is 4.37. The summed E-state index contributed by atoms with van der Waals surface area (Å²) in [5.41, 5.74) is 6.42. The molecule has 0 fully saturated rings. The van der Waals surface area contributed by atoms with Crippen molar-refractivity contribution in [3.63, 3.8) is 0 Å². The van der Waals surface area contributed by atoms with Crippen LogP contribution in [0.15, 0.2) is 59.7 Å². The van der Waals surface area contributed by atoms with Gasteiger partial charge in [-0.05, 0) is 36.8 Å². The summed E-state index contributed by atoms with van der Waals surface area (Å²) in [4.78, 5) is 11.1. The highest BCUT2D eigenvalue weighted by Gasteiger charge is 2.02. The molecular formula is C16H17N3O2. The Balaban J connectivity index is 2.02. The minimum Gasteiger partial charge on any atom is -0.453 e. The molecule has 0 aliphatic carbocycles. The van der Waals surface area contributed by atoms with Crippen LogP contribution in [0.3, 0.4) is 0 Å². The molecule has 0 radical (unpaired) electrons. The number of hydrogen-bond acceptors (Lipinski definition) is 4. The van der Waals surface area contributed by atoms with Gasteiger partial charge in [-0.1, -0.05) is 30.3 Å². The first-order valence-electron chi connectivity index (χ1n) is 6.50. The fraction of sp³-hybridized carbons (Fsp3) is 0.125. The molecule has 0 heterocycles. The molecular weight excluding hydrogens is 266 g/mol. The lowest BCUT2D eigenvalue weighted by Crippen LogP contribution is -2.10. The molecule has 0 aliphatic rings. The van der Waals surface area contributed by atoms with Gasteiger partial charge in [0, 0.05) is 5.69 Å². The molecule has 0 saturated heterocycles. The summed E-state index contributed by atoms with van der Waals surface area (Å²) in [7, 11) is 1.33. The topological polar surface area (TPSA) is 62.7 Å². The maximum Gasteiger partial charge on any atom is 0.411 e. The zero-order valence-corrected chi connectivity index (χ0v) is 12.0. The monoisotopic (exact) mass is 283 g/mol. The van der Waals surface area contributed by atoms with Crippen LogP contribution in [0.2, 0.25) is 0 Å². The van der Waals surface area contributed by atoms with Gasteiger partial charge in [-0.15, -0.1) is 0 Å². The molecule has 0 spiro atoms. The van der Waals surface area contributed by atoms with Crippen molar-refractivity contribution in [2.45, 2.75) is 6.92 Å². The van der Waals surface area contributed by atoms with Crippen molar-refractivity contribution in [1.29, 1.82) is 0 Å². The van der Waals surface area contributed by atoms with Crippen molar-refractivity contribution in [2.24, 2.45) is 5.10 Å². The standard InChI is InChI=1S/C16H17N3O2/c1-12(18-19-15-6-4-3-5-7-15)13-8-10-14(11-9-13)17-16(20)21-2/h3-11,19H,1-2H3,(H,17,20)/b18-12+. The van der Waals surface area contributed by atoms with Crippen LogP contribution in [0.1, 0.15) is 12.5 Å². The second-order valence-corrected chi connectivity index (χ2v) is 4.37. The third-order valence-corrected chi connectivity index (χ3v) is 2.86. The summed E-state index contributed by atoms with van der Waals surface area (Å²) in [6, 6.07) is 17.1. The van der Waals surface area contributed by atoms with E-state index in [2.05, 4.69) is 20.6 Å². The van der Waals surface area contributed by atoms with Gasteiger partial charge in [0.1, 0.15) is 0 Å². The normalized spacial score (nSPS) is 10.9. The van der Waals surface area contributed by atoms with Crippen molar-refractivity contribution < 1.29 is 9.53 Å². The van der Waals surface area contributed by atoms with E-state index in [4.69, 9.17) is 0 Å². The summed E-state index contributed by atoms with van der Waals surface area (Å²) in [6.07, 6.45) is -0.487. The third-order valence-electron chi connectivity index (χ3n) is 2.86. The van der Waals surface area contributed by atoms with E-state index in [1.807, 2.05) is 49.4 Å². The number of rotatable bonds is 4. The van der Waals surface area contributed by atoms with Crippen LogP contribution in [-0.2, 0) is 4.74 Å². The van der Waals surface area contributed by atoms with Gasteiger partial charge in [-0.25, -0.2) is 4.79 Å². The van der Waals surface area contributed by atoms with E-state index in [-0.39, 0.29) is 0 Å². The zero-order chi connectivity index (χ0) is 15.1. The highest BCUT2D eigenvalue weighted by Crippen LogP contribution is 2.11. The molecule has 0 aliphatic heterocycles. The summed E-state index contributed by atoms with van der Waals surface area (Å²) in [5, 5.41) is 6.92. The predicted molar refractivity (Wildman–Crippen MR) is 84.7 cm³/mol. The number of methoxy groups -OCH3 is 1. The van der Waals surface area contributed by atoms with Crippen LogP contribution in [-0.4, -0.2) is 18.9 Å². The van der Waals surface area contributed by atoms with Crippen molar-refractivity contribution >= 4 is 23.2 Å². The van der Waals surface area contributed by atoms with Crippen LogP contribution >= 0.6 is 0 Å². The highest BCUT2D eigenvalue weighted by molar-refractivity contribution is 5.99. The molecule has 2 aromatic carbocycles. The molecule has 2 aromatic rings. The fourth-order valence-electron chi connectivity index (χ4n) is 1.69. The molecule has 108 valence electrons. The largest absolute Gasteiger partial charge is 0.453 e. The number of nitrogens with zero attached hydrogens (tertiary/aromatic N) is 1. The number of hydrazone groups is 1. The van der Waals surface area contributed by atoms with Gasteiger partial charge in [0.15, 0.2) is 0 Å². The summed E-state index contributed by atoms with van der Waals surface area (Å²) >= 11 is 0. The second kappa shape index (κ2) is 7.09. The lowest BCUT2D eigenvalue weighted by atomic mass is 10.1. The molecule has 5 nitrogen and oxygen atoms in total. The van der Waals surface area contributed by atoms with Crippen molar-refractivity contribution in [3.8, 4) is 0 Å². The Morgan fingerprint density at radius 1 is 1.00 bits per heavy atom. The maximum absolute atomic E-state index is 11.1. The van der Waals surface area contributed by atoms with Gasteiger partial charge in [-0.2, -0.15) is 5.10 Å². The lowest BCUT2D eigenvalue weighted by molar-refractivity contribution is 0.187. The summed E-state index contributed by atoms with van der Waals surface area (Å²) < 4.78 is 4.54. The Kier molecular flexibility index (Phi) is 4.93. The third kappa shape index (κ3) is 4.35. The van der Waals surface area contributed by atoms with Crippen LogP contribution in [0.4, 0.5) is 16.2 Å². The SMILES string of the molecule is COC(=O)Nc1ccc(/C(C)=N/Nc2ccccc2)cc1. The Labute approximate surface area is 123 Å². The van der Waals surface area contributed by atoms with Gasteiger partial charge in [0.05, 0.1) is 18.5 Å². The first-order chi connectivity index (χ1) is 10.2. The Morgan fingerprint density at radius 3 is 2.29 bits per heavy atom. The van der Waals surface area contributed by atoms with Gasteiger partial charge < -0.3 is 4.74 Å². The summed E-state index contributed by atoms with van der Waals surface area (Å²) in [5.74, 6) is 0. The van der Waals surface area contributed by atoms with Gasteiger partial charge in [0.25, 0.3) is 0 Å². The average Bonchev–Trinajstić information content (AvgIpc) is 2.54. The lowest BCUT2D eigenvalue weighted by Gasteiger charge is -2.06. The van der Waals surface area contributed by atoms with Crippen LogP contribution in [0.5, 0.6) is 0 Å². The average molecular weight is 283 g/mol. The number of ether oxygens (including phenoxy) is 1. The van der Waals surface area contributed by atoms with E-state index in [0.29, 0.717) is 5.69 Å². The number of benzene rings is 2. The molecule has 0 atom stereocenters. The van der Waals surface area contributed by atoms with Crippen LogP contribution in [0, 0.1) is 0 Å². The molecule has 0 bridgehead atoms. The molecule has 0 aromatic heterocycles. The zero-order valence-electron chi connectivity index (χ0n) is 12.0. The quantitative estimate of drug-likeness (QED) is 0.664. The smallest absolute Gasteiger partial charge is 0.411 e. The highest BCUT2D eigenvalue weighted by atomic mass is 16.5. The van der Waals surface area contributed by atoms with Crippen LogP contribution in [0.25, 0.3) is 0 Å². The van der Waals surface area contributed by atoms with Gasteiger partial charge >= 0.3 is 6.09 Å². The molecule has 5 heteroatoms. The molecule has 0 unspecified atom stereocenters. The van der Waals surface area contributed by atoms with Crippen molar-refractivity contribution in [2.75, 3.05) is 17.9 Å². The molecule has 21 heavy (non-hydrogen) atoms. The van der Waals surface area contributed by atoms with Gasteiger partial charge in [0.2, 0.25) is 0 Å². The number of para-hydroxylation sites is 1. The number of amides is 1. The minimum absolute atomic E-state index is 0.487. The Morgan fingerprint density at radius 2 is 1.67 bits per heavy atom. The van der Waals surface area contributed by atoms with E-state index in [1.165, 1.54) is 7.11 Å². The molecule has 1 amide bonds. The number of carbonyl (C=O) groups excluding carboxylic acids is 1. The number of anilines is 2. The van der Waals surface area contributed by atoms with E-state index >= 15 is 0 Å². The van der Waals surface area contributed by atoms with Crippen molar-refractivity contribution in [3.05, 3.63) is 60.2 Å². The first kappa shape index (κ1) is 14.6. The number of hydrogen-bond donors (Lipinski definition) is 2. The molecule has 0 saturated carbocycles. The Bertz CT molecular complexity index is 622. The van der Waals surface area contributed by atoms with Gasteiger partial charge in [-0.3, -0.25) is 10.7 Å². The summed E-state index contributed by atoms with van der Waals surface area (Å²) in [6.45, 7) is 1.92. The fourth-order valence-corrected chi connectivity index (χ4v) is 1.69. The first-order valence-corrected chi connectivity index (χ1v) is 6.50. The van der Waals surface area contributed by atoms with E-state index in [0.717, 1.165) is 17.0 Å². The minimum atomic E-state index is -0.487. The number of carbonyl (C=O) groups is 1. The van der Waals surface area contributed by atoms with Crippen molar-refractivity contribution in [1.82, 2.24) is 0 Å². The van der Waals surface area contributed by atoms with Crippen LogP contribution < -0.4 is 10.7 Å². The molecule has 2 N–H and O–H groups in total. The van der Waals surface area contributed by atoms with E-state index in [9.17, 15) is 4.79 Å². The van der Waals surface area contributed by atoms with E-state index in [1.54, 1.807) is 12.1 Å². The van der Waals surface area contributed by atoms with E-state index < -0.39 is 6.09 Å². The molecule has 2 rings (SSSR count).